The van der Waals surface area contributed by atoms with Crippen molar-refractivity contribution in [3.05, 3.63) is 53.3 Å². The van der Waals surface area contributed by atoms with E-state index in [4.69, 9.17) is 4.74 Å². The van der Waals surface area contributed by atoms with Gasteiger partial charge >= 0.3 is 0 Å². The molecule has 1 aromatic carbocycles. The van der Waals surface area contributed by atoms with Crippen LogP contribution in [0.2, 0.25) is 0 Å². The first-order valence-electron chi connectivity index (χ1n) is 9.27. The predicted octanol–water partition coefficient (Wildman–Crippen LogP) is 2.69. The van der Waals surface area contributed by atoms with E-state index in [1.165, 1.54) is 5.56 Å². The predicted molar refractivity (Wildman–Crippen MR) is 95.3 cm³/mol. The lowest BCUT2D eigenvalue weighted by Gasteiger charge is -2.36. The number of rotatable bonds is 4. The van der Waals surface area contributed by atoms with E-state index in [9.17, 15) is 4.79 Å². The fraction of sp³-hybridized carbons (Fsp3) is 0.500. The average molecular weight is 339 g/mol. The molecule has 0 spiro atoms. The van der Waals surface area contributed by atoms with E-state index in [0.29, 0.717) is 19.7 Å². The summed E-state index contributed by atoms with van der Waals surface area (Å²) in [4.78, 5) is 15.1. The first-order chi connectivity index (χ1) is 12.3. The van der Waals surface area contributed by atoms with Crippen LogP contribution >= 0.6 is 0 Å². The highest BCUT2D eigenvalue weighted by molar-refractivity contribution is 5.84. The number of nitrogens with zero attached hydrogens (tertiary/aromatic N) is 2. The largest absolute Gasteiger partial charge is 0.375 e. The number of aromatic nitrogens is 2. The van der Waals surface area contributed by atoms with Crippen molar-refractivity contribution in [3.63, 3.8) is 0 Å². The van der Waals surface area contributed by atoms with Gasteiger partial charge in [-0.05, 0) is 37.7 Å². The van der Waals surface area contributed by atoms with Crippen molar-refractivity contribution < 1.29 is 9.53 Å². The zero-order valence-electron chi connectivity index (χ0n) is 14.5. The fourth-order valence-electron chi connectivity index (χ4n) is 4.00. The summed E-state index contributed by atoms with van der Waals surface area (Å²) in [6, 6.07) is 10.5. The molecule has 4 rings (SSSR count). The molecular formula is C20H25N3O2. The van der Waals surface area contributed by atoms with E-state index in [0.717, 1.165) is 43.4 Å². The number of hydrogen-bond donors (Lipinski definition) is 1. The highest BCUT2D eigenvalue weighted by atomic mass is 16.5. The van der Waals surface area contributed by atoms with Crippen LogP contribution in [0.1, 0.15) is 42.0 Å². The van der Waals surface area contributed by atoms with Crippen molar-refractivity contribution in [1.29, 1.82) is 0 Å². The topological polar surface area (TPSA) is 58.2 Å². The van der Waals surface area contributed by atoms with E-state index < -0.39 is 0 Å². The van der Waals surface area contributed by atoms with Crippen LogP contribution in [-0.2, 0) is 22.4 Å². The molecule has 5 heteroatoms. The summed E-state index contributed by atoms with van der Waals surface area (Å²) in [6.45, 7) is 2.04. The van der Waals surface area contributed by atoms with Crippen molar-refractivity contribution >= 4 is 5.91 Å². The Morgan fingerprint density at radius 1 is 1.32 bits per heavy atom. The third-order valence-corrected chi connectivity index (χ3v) is 5.39. The van der Waals surface area contributed by atoms with Gasteiger partial charge in [-0.15, -0.1) is 0 Å². The summed E-state index contributed by atoms with van der Waals surface area (Å²) in [6.07, 6.45) is 6.89. The van der Waals surface area contributed by atoms with Crippen LogP contribution < -0.4 is 0 Å². The van der Waals surface area contributed by atoms with Gasteiger partial charge in [0.1, 0.15) is 0 Å². The second kappa shape index (κ2) is 7.40. The summed E-state index contributed by atoms with van der Waals surface area (Å²) in [7, 11) is 0. The van der Waals surface area contributed by atoms with E-state index in [1.54, 1.807) is 0 Å². The van der Waals surface area contributed by atoms with E-state index in [1.807, 2.05) is 17.2 Å². The summed E-state index contributed by atoms with van der Waals surface area (Å²) < 4.78 is 5.91. The van der Waals surface area contributed by atoms with Gasteiger partial charge in [0.15, 0.2) is 0 Å². The SMILES string of the molecule is O=C([C@H]1CCCc2[nH]ncc21)N1CCO[C@@H](CCc2ccccc2)C1. The van der Waals surface area contributed by atoms with Gasteiger partial charge in [-0.1, -0.05) is 30.3 Å². The Morgan fingerprint density at radius 3 is 3.08 bits per heavy atom. The lowest BCUT2D eigenvalue weighted by Crippen LogP contribution is -2.47. The number of aromatic amines is 1. The number of amides is 1. The Balaban J connectivity index is 1.37. The number of fused-ring (bicyclic) bond motifs is 1. The molecule has 2 aromatic rings. The summed E-state index contributed by atoms with van der Waals surface area (Å²) in [5.41, 5.74) is 3.56. The Bertz CT molecular complexity index is 713. The van der Waals surface area contributed by atoms with Crippen molar-refractivity contribution in [2.24, 2.45) is 0 Å². The minimum atomic E-state index is -0.0321. The first-order valence-corrected chi connectivity index (χ1v) is 9.27. The zero-order valence-corrected chi connectivity index (χ0v) is 14.5. The molecule has 1 N–H and O–H groups in total. The number of carbonyl (C=O) groups excluding carboxylic acids is 1. The van der Waals surface area contributed by atoms with Crippen LogP contribution in [0.4, 0.5) is 0 Å². The molecule has 132 valence electrons. The van der Waals surface area contributed by atoms with E-state index in [-0.39, 0.29) is 17.9 Å². The Hall–Kier alpha value is -2.14. The molecule has 5 nitrogen and oxygen atoms in total. The number of carbonyl (C=O) groups is 1. The van der Waals surface area contributed by atoms with Gasteiger partial charge in [0.25, 0.3) is 0 Å². The van der Waals surface area contributed by atoms with Crippen LogP contribution in [0.3, 0.4) is 0 Å². The highest BCUT2D eigenvalue weighted by Gasteiger charge is 2.33. The number of H-pyrrole nitrogens is 1. The molecule has 0 saturated carbocycles. The third-order valence-electron chi connectivity index (χ3n) is 5.39. The van der Waals surface area contributed by atoms with Crippen molar-refractivity contribution in [2.45, 2.75) is 44.1 Å². The van der Waals surface area contributed by atoms with Gasteiger partial charge in [0.2, 0.25) is 5.91 Å². The molecular weight excluding hydrogens is 314 g/mol. The van der Waals surface area contributed by atoms with Gasteiger partial charge in [-0.25, -0.2) is 0 Å². The van der Waals surface area contributed by atoms with Crippen LogP contribution in [0.5, 0.6) is 0 Å². The lowest BCUT2D eigenvalue weighted by molar-refractivity contribution is -0.141. The van der Waals surface area contributed by atoms with E-state index >= 15 is 0 Å². The molecule has 0 radical (unpaired) electrons. The molecule has 2 atom stereocenters. The number of morpholine rings is 1. The smallest absolute Gasteiger partial charge is 0.230 e. The number of ether oxygens (including phenoxy) is 1. The average Bonchev–Trinajstić information content (AvgIpc) is 3.16. The van der Waals surface area contributed by atoms with Crippen LogP contribution in [-0.4, -0.2) is 46.8 Å². The van der Waals surface area contributed by atoms with Crippen molar-refractivity contribution in [3.8, 4) is 0 Å². The van der Waals surface area contributed by atoms with Gasteiger partial charge in [-0.2, -0.15) is 5.10 Å². The molecule has 0 bridgehead atoms. The maximum Gasteiger partial charge on any atom is 0.230 e. The monoisotopic (exact) mass is 339 g/mol. The van der Waals surface area contributed by atoms with Crippen LogP contribution in [0.25, 0.3) is 0 Å². The summed E-state index contributed by atoms with van der Waals surface area (Å²) >= 11 is 0. The minimum Gasteiger partial charge on any atom is -0.375 e. The molecule has 0 unspecified atom stereocenters. The lowest BCUT2D eigenvalue weighted by atomic mass is 9.86. The van der Waals surface area contributed by atoms with Gasteiger partial charge in [-0.3, -0.25) is 9.89 Å². The summed E-state index contributed by atoms with van der Waals surface area (Å²) in [5, 5.41) is 7.19. The maximum absolute atomic E-state index is 13.1. The highest BCUT2D eigenvalue weighted by Crippen LogP contribution is 2.32. The van der Waals surface area contributed by atoms with Gasteiger partial charge < -0.3 is 9.64 Å². The molecule has 1 aliphatic heterocycles. The van der Waals surface area contributed by atoms with Crippen LogP contribution in [0.15, 0.2) is 36.5 Å². The van der Waals surface area contributed by atoms with Crippen molar-refractivity contribution in [2.75, 3.05) is 19.7 Å². The van der Waals surface area contributed by atoms with Gasteiger partial charge in [0, 0.05) is 24.3 Å². The van der Waals surface area contributed by atoms with Gasteiger partial charge in [0.05, 0.1) is 24.8 Å². The fourth-order valence-corrected chi connectivity index (χ4v) is 4.00. The second-order valence-corrected chi connectivity index (χ2v) is 7.05. The Labute approximate surface area is 148 Å². The third kappa shape index (κ3) is 3.61. The number of nitrogens with one attached hydrogen (secondary N) is 1. The number of hydrogen-bond acceptors (Lipinski definition) is 3. The standard InChI is InChI=1S/C20H25N3O2/c24-20(17-7-4-8-19-18(17)13-21-22-19)23-11-12-25-16(14-23)10-9-15-5-2-1-3-6-15/h1-3,5-6,13,16-17H,4,7-12,14H2,(H,21,22)/t16-,17-/m0/s1. The normalized spacial score (nSPS) is 23.3. The molecule has 2 heterocycles. The van der Waals surface area contributed by atoms with Crippen LogP contribution in [0, 0.1) is 0 Å². The zero-order chi connectivity index (χ0) is 17.1. The molecule has 1 aromatic heterocycles. The Morgan fingerprint density at radius 2 is 2.20 bits per heavy atom. The van der Waals surface area contributed by atoms with E-state index in [2.05, 4.69) is 34.5 Å². The molecule has 1 saturated heterocycles. The molecule has 1 fully saturated rings. The first kappa shape index (κ1) is 16.3. The quantitative estimate of drug-likeness (QED) is 0.932. The summed E-state index contributed by atoms with van der Waals surface area (Å²) in [5.74, 6) is 0.214. The number of benzene rings is 1. The molecule has 1 amide bonds. The number of aryl methyl sites for hydroxylation is 2. The van der Waals surface area contributed by atoms with Crippen molar-refractivity contribution in [1.82, 2.24) is 15.1 Å². The Kier molecular flexibility index (Phi) is 4.83. The maximum atomic E-state index is 13.1. The molecule has 1 aliphatic carbocycles. The molecule has 25 heavy (non-hydrogen) atoms. The molecule has 2 aliphatic rings. The minimum absolute atomic E-state index is 0.0321. The second-order valence-electron chi connectivity index (χ2n) is 7.05.